The highest BCUT2D eigenvalue weighted by Crippen LogP contribution is 2.36. The smallest absolute Gasteiger partial charge is 0.416 e. The fourth-order valence-electron chi connectivity index (χ4n) is 5.18. The number of hydrogen-bond donors (Lipinski definition) is 2. The third-order valence-corrected chi connectivity index (χ3v) is 7.74. The predicted molar refractivity (Wildman–Crippen MR) is 152 cm³/mol. The average Bonchev–Trinajstić information content (AvgIpc) is 2.91. The summed E-state index contributed by atoms with van der Waals surface area (Å²) in [6.45, 7) is 3.53. The van der Waals surface area contributed by atoms with Gasteiger partial charge in [-0.25, -0.2) is 4.39 Å². The number of benzene rings is 3. The standard InChI is InChI=1S/C31H30ClF4N3O2/c1-20-15-29(24-5-2-3-8-28(24)37-20)38-22-16-21(31(34,35)36)17-23(18-22)41-14-13-39-11-9-30(40,10-12-39)19-25-26(32)6-4-7-27(25)33/h2-8,15-18,40H,9-14,19H2,1H3,(H,37,38). The maximum atomic E-state index is 14.2. The van der Waals surface area contributed by atoms with Crippen LogP contribution in [-0.2, 0) is 12.6 Å². The van der Waals surface area contributed by atoms with Crippen molar-refractivity contribution in [2.75, 3.05) is 31.6 Å². The number of pyridine rings is 1. The van der Waals surface area contributed by atoms with Gasteiger partial charge in [0, 0.05) is 65.2 Å². The van der Waals surface area contributed by atoms with Gasteiger partial charge >= 0.3 is 6.18 Å². The predicted octanol–water partition coefficient (Wildman–Crippen LogP) is 7.55. The molecule has 1 fully saturated rings. The van der Waals surface area contributed by atoms with Gasteiger partial charge in [-0.2, -0.15) is 13.2 Å². The summed E-state index contributed by atoms with van der Waals surface area (Å²) in [5.41, 5.74) is 0.778. The number of nitrogens with zero attached hydrogens (tertiary/aromatic N) is 2. The monoisotopic (exact) mass is 587 g/mol. The van der Waals surface area contributed by atoms with E-state index in [2.05, 4.69) is 15.2 Å². The Hall–Kier alpha value is -3.40. The van der Waals surface area contributed by atoms with Gasteiger partial charge in [0.05, 0.1) is 16.7 Å². The van der Waals surface area contributed by atoms with Crippen molar-refractivity contribution in [3.63, 3.8) is 0 Å². The van der Waals surface area contributed by atoms with Crippen LogP contribution in [-0.4, -0.2) is 46.8 Å². The second-order valence-corrected chi connectivity index (χ2v) is 10.9. The molecule has 5 nitrogen and oxygen atoms in total. The van der Waals surface area contributed by atoms with Crippen LogP contribution in [0.1, 0.15) is 29.7 Å². The van der Waals surface area contributed by atoms with E-state index in [9.17, 15) is 22.7 Å². The first-order valence-corrected chi connectivity index (χ1v) is 13.7. The fraction of sp³-hybridized carbons (Fsp3) is 0.323. The van der Waals surface area contributed by atoms with Gasteiger partial charge in [0.1, 0.15) is 18.2 Å². The van der Waals surface area contributed by atoms with Gasteiger partial charge in [0.2, 0.25) is 0 Å². The number of aromatic nitrogens is 1. The minimum atomic E-state index is -4.55. The molecule has 0 radical (unpaired) electrons. The summed E-state index contributed by atoms with van der Waals surface area (Å²) in [6, 6.07) is 17.3. The molecule has 0 bridgehead atoms. The van der Waals surface area contributed by atoms with E-state index in [1.807, 2.05) is 31.2 Å². The molecule has 41 heavy (non-hydrogen) atoms. The number of aliphatic hydroxyl groups is 1. The van der Waals surface area contributed by atoms with Crippen LogP contribution >= 0.6 is 11.6 Å². The maximum absolute atomic E-state index is 14.2. The van der Waals surface area contributed by atoms with E-state index in [1.165, 1.54) is 12.1 Å². The third-order valence-electron chi connectivity index (χ3n) is 7.39. The zero-order valence-electron chi connectivity index (χ0n) is 22.4. The second-order valence-electron chi connectivity index (χ2n) is 10.5. The van der Waals surface area contributed by atoms with Gasteiger partial charge in [-0.3, -0.25) is 9.88 Å². The van der Waals surface area contributed by atoms with Crippen LogP contribution in [0.2, 0.25) is 5.02 Å². The normalized spacial score (nSPS) is 15.7. The average molecular weight is 588 g/mol. The molecule has 2 heterocycles. The van der Waals surface area contributed by atoms with Crippen molar-refractivity contribution < 1.29 is 27.4 Å². The summed E-state index contributed by atoms with van der Waals surface area (Å²) in [5.74, 6) is -0.343. The first-order valence-electron chi connectivity index (χ1n) is 13.4. The van der Waals surface area contributed by atoms with Crippen molar-refractivity contribution in [3.8, 4) is 5.75 Å². The van der Waals surface area contributed by atoms with E-state index in [-0.39, 0.29) is 29.5 Å². The van der Waals surface area contributed by atoms with Crippen molar-refractivity contribution >= 4 is 33.9 Å². The molecule has 0 amide bonds. The van der Waals surface area contributed by atoms with Crippen molar-refractivity contribution in [1.29, 1.82) is 0 Å². The quantitative estimate of drug-likeness (QED) is 0.209. The highest BCUT2D eigenvalue weighted by molar-refractivity contribution is 6.31. The Balaban J connectivity index is 1.23. The van der Waals surface area contributed by atoms with Crippen LogP contribution in [0, 0.1) is 12.7 Å². The van der Waals surface area contributed by atoms with E-state index in [4.69, 9.17) is 16.3 Å². The molecule has 10 heteroatoms. The SMILES string of the molecule is Cc1cc(Nc2cc(OCCN3CCC(O)(Cc4c(F)cccc4Cl)CC3)cc(C(F)(F)F)c2)c2ccccc2n1. The number of likely N-dealkylation sites (tertiary alicyclic amines) is 1. The Kier molecular flexibility index (Phi) is 8.40. The zero-order valence-corrected chi connectivity index (χ0v) is 23.2. The largest absolute Gasteiger partial charge is 0.492 e. The number of ether oxygens (including phenoxy) is 1. The first-order chi connectivity index (χ1) is 19.5. The molecule has 4 aromatic rings. The number of rotatable bonds is 8. The Bertz CT molecular complexity index is 1520. The number of alkyl halides is 3. The number of halogens is 5. The number of piperidine rings is 1. The molecule has 1 aliphatic heterocycles. The number of anilines is 2. The van der Waals surface area contributed by atoms with Crippen LogP contribution in [0.25, 0.3) is 10.9 Å². The highest BCUT2D eigenvalue weighted by Gasteiger charge is 2.34. The fourth-order valence-corrected chi connectivity index (χ4v) is 5.41. The first kappa shape index (κ1) is 29.1. The molecular weight excluding hydrogens is 558 g/mol. The van der Waals surface area contributed by atoms with Crippen molar-refractivity contribution in [2.45, 2.75) is 38.0 Å². The second kappa shape index (κ2) is 11.8. The van der Waals surface area contributed by atoms with E-state index < -0.39 is 23.2 Å². The summed E-state index contributed by atoms with van der Waals surface area (Å²) >= 11 is 6.14. The van der Waals surface area contributed by atoms with Gasteiger partial charge in [0.15, 0.2) is 0 Å². The topological polar surface area (TPSA) is 57.6 Å². The lowest BCUT2D eigenvalue weighted by Crippen LogP contribution is -2.46. The molecule has 1 aliphatic rings. The minimum Gasteiger partial charge on any atom is -0.492 e. The Morgan fingerprint density at radius 1 is 1.05 bits per heavy atom. The van der Waals surface area contributed by atoms with Crippen LogP contribution in [0.15, 0.2) is 66.7 Å². The van der Waals surface area contributed by atoms with Crippen molar-refractivity contribution in [2.24, 2.45) is 0 Å². The molecule has 0 aliphatic carbocycles. The summed E-state index contributed by atoms with van der Waals surface area (Å²) in [6.07, 6.45) is -3.61. The zero-order chi connectivity index (χ0) is 29.2. The van der Waals surface area contributed by atoms with Crippen LogP contribution in [0.3, 0.4) is 0 Å². The van der Waals surface area contributed by atoms with E-state index >= 15 is 0 Å². The molecular formula is C31H30ClF4N3O2. The van der Waals surface area contributed by atoms with Crippen LogP contribution in [0.5, 0.6) is 5.75 Å². The molecule has 0 spiro atoms. The molecule has 1 saturated heterocycles. The number of nitrogens with one attached hydrogen (secondary N) is 1. The Morgan fingerprint density at radius 3 is 2.54 bits per heavy atom. The number of hydrogen-bond acceptors (Lipinski definition) is 5. The molecule has 5 rings (SSSR count). The Morgan fingerprint density at radius 2 is 1.80 bits per heavy atom. The van der Waals surface area contributed by atoms with E-state index in [1.54, 1.807) is 18.2 Å². The molecule has 0 atom stereocenters. The van der Waals surface area contributed by atoms with Gasteiger partial charge in [-0.1, -0.05) is 35.9 Å². The lowest BCUT2D eigenvalue weighted by Gasteiger charge is -2.38. The molecule has 2 N–H and O–H groups in total. The Labute approximate surface area is 240 Å². The highest BCUT2D eigenvalue weighted by atomic mass is 35.5. The van der Waals surface area contributed by atoms with Gasteiger partial charge in [0.25, 0.3) is 0 Å². The van der Waals surface area contributed by atoms with Crippen molar-refractivity contribution in [1.82, 2.24) is 9.88 Å². The number of para-hydroxylation sites is 1. The summed E-state index contributed by atoms with van der Waals surface area (Å²) in [5, 5.41) is 15.2. The van der Waals surface area contributed by atoms with Crippen LogP contribution < -0.4 is 10.1 Å². The van der Waals surface area contributed by atoms with E-state index in [0.717, 1.165) is 28.7 Å². The van der Waals surface area contributed by atoms with Gasteiger partial charge in [-0.05, 0) is 56.2 Å². The molecule has 1 aromatic heterocycles. The van der Waals surface area contributed by atoms with Gasteiger partial charge in [-0.15, -0.1) is 0 Å². The molecule has 216 valence electrons. The lowest BCUT2D eigenvalue weighted by molar-refractivity contribution is -0.137. The maximum Gasteiger partial charge on any atom is 0.416 e. The number of fused-ring (bicyclic) bond motifs is 1. The summed E-state index contributed by atoms with van der Waals surface area (Å²) in [7, 11) is 0. The number of aryl methyl sites for hydroxylation is 1. The van der Waals surface area contributed by atoms with Gasteiger partial charge < -0.3 is 15.2 Å². The lowest BCUT2D eigenvalue weighted by atomic mass is 9.85. The molecule has 0 saturated carbocycles. The van der Waals surface area contributed by atoms with Crippen molar-refractivity contribution in [3.05, 3.63) is 94.4 Å². The minimum absolute atomic E-state index is 0.0973. The summed E-state index contributed by atoms with van der Waals surface area (Å²) in [4.78, 5) is 6.55. The third kappa shape index (κ3) is 7.09. The van der Waals surface area contributed by atoms with E-state index in [0.29, 0.717) is 43.7 Å². The summed E-state index contributed by atoms with van der Waals surface area (Å²) < 4.78 is 61.2. The molecule has 0 unspecified atom stereocenters. The molecule has 3 aromatic carbocycles. The van der Waals surface area contributed by atoms with Crippen LogP contribution in [0.4, 0.5) is 28.9 Å².